The molecule has 0 saturated carbocycles. The quantitative estimate of drug-likeness (QED) is 0.290. The fourth-order valence-corrected chi connectivity index (χ4v) is 5.25. The van der Waals surface area contributed by atoms with Gasteiger partial charge in [-0.05, 0) is 48.2 Å². The molecule has 2 fully saturated rings. The van der Waals surface area contributed by atoms with Crippen molar-refractivity contribution in [1.29, 1.82) is 0 Å². The number of carbonyl (C=O) groups excluding carboxylic acids is 3. The van der Waals surface area contributed by atoms with Gasteiger partial charge in [-0.3, -0.25) is 19.3 Å². The van der Waals surface area contributed by atoms with E-state index in [4.69, 9.17) is 9.47 Å². The van der Waals surface area contributed by atoms with E-state index in [0.717, 1.165) is 28.1 Å². The number of rotatable bonds is 9. The summed E-state index contributed by atoms with van der Waals surface area (Å²) in [7, 11) is 0. The Bertz CT molecular complexity index is 1340. The van der Waals surface area contributed by atoms with Gasteiger partial charge in [0.2, 0.25) is 5.91 Å². The van der Waals surface area contributed by atoms with Crippen molar-refractivity contribution in [3.05, 3.63) is 95.4 Å². The normalized spacial score (nSPS) is 16.6. The van der Waals surface area contributed by atoms with Crippen molar-refractivity contribution in [2.24, 2.45) is 0 Å². The van der Waals surface area contributed by atoms with Crippen molar-refractivity contribution < 1.29 is 23.9 Å². The van der Waals surface area contributed by atoms with Crippen molar-refractivity contribution in [2.75, 3.05) is 50.8 Å². The van der Waals surface area contributed by atoms with Gasteiger partial charge in [-0.15, -0.1) is 0 Å². The zero-order valence-electron chi connectivity index (χ0n) is 21.4. The minimum atomic E-state index is -0.469. The van der Waals surface area contributed by atoms with E-state index in [1.54, 1.807) is 17.0 Å². The maximum atomic E-state index is 13.1. The summed E-state index contributed by atoms with van der Waals surface area (Å²) in [6.45, 7) is 2.89. The van der Waals surface area contributed by atoms with Crippen molar-refractivity contribution in [3.8, 4) is 11.5 Å². The summed E-state index contributed by atoms with van der Waals surface area (Å²) in [5, 5.41) is -0.447. The van der Waals surface area contributed by atoms with Crippen LogP contribution in [0.3, 0.4) is 0 Å². The Morgan fingerprint density at radius 3 is 2.18 bits per heavy atom. The molecule has 3 amide bonds. The molecular weight excluding hydrogens is 514 g/mol. The van der Waals surface area contributed by atoms with Gasteiger partial charge in [0.05, 0.1) is 4.91 Å². The van der Waals surface area contributed by atoms with Crippen molar-refractivity contribution >= 4 is 40.6 Å². The molecule has 2 saturated heterocycles. The number of carbonyl (C=O) groups is 3. The fraction of sp³-hybridized carbons (Fsp3) is 0.233. The Labute approximate surface area is 231 Å². The van der Waals surface area contributed by atoms with Crippen LogP contribution in [0.2, 0.25) is 0 Å². The number of nitrogens with zero attached hydrogens (tertiary/aromatic N) is 3. The number of benzene rings is 3. The molecule has 2 aliphatic heterocycles. The molecule has 8 nitrogen and oxygen atoms in total. The number of hydrogen-bond acceptors (Lipinski definition) is 7. The summed E-state index contributed by atoms with van der Waals surface area (Å²) in [5.41, 5.74) is 1.79. The predicted molar refractivity (Wildman–Crippen MR) is 152 cm³/mol. The van der Waals surface area contributed by atoms with Gasteiger partial charge in [0, 0.05) is 37.4 Å². The molecule has 2 aliphatic rings. The molecule has 0 aromatic heterocycles. The van der Waals surface area contributed by atoms with Gasteiger partial charge in [0.15, 0.2) is 0 Å². The highest BCUT2D eigenvalue weighted by Crippen LogP contribution is 2.34. The van der Waals surface area contributed by atoms with Crippen LogP contribution in [-0.2, 0) is 9.59 Å². The summed E-state index contributed by atoms with van der Waals surface area (Å²) in [4.78, 5) is 43.9. The molecule has 2 heterocycles. The second kappa shape index (κ2) is 12.5. The number of imide groups is 1. The maximum absolute atomic E-state index is 13.1. The second-order valence-corrected chi connectivity index (χ2v) is 10.0. The Morgan fingerprint density at radius 1 is 0.795 bits per heavy atom. The van der Waals surface area contributed by atoms with Crippen molar-refractivity contribution in [3.63, 3.8) is 0 Å². The monoisotopic (exact) mass is 543 g/mol. The van der Waals surface area contributed by atoms with Crippen LogP contribution in [0, 0.1) is 0 Å². The third-order valence-corrected chi connectivity index (χ3v) is 7.39. The molecule has 0 spiro atoms. The first kappa shape index (κ1) is 26.4. The molecule has 0 aliphatic carbocycles. The first-order valence-electron chi connectivity index (χ1n) is 12.8. The van der Waals surface area contributed by atoms with E-state index in [1.807, 2.05) is 78.9 Å². The molecule has 0 unspecified atom stereocenters. The largest absolute Gasteiger partial charge is 0.490 e. The molecule has 200 valence electrons. The van der Waals surface area contributed by atoms with Crippen LogP contribution in [0.4, 0.5) is 10.5 Å². The van der Waals surface area contributed by atoms with E-state index in [0.29, 0.717) is 50.7 Å². The van der Waals surface area contributed by atoms with Crippen molar-refractivity contribution in [1.82, 2.24) is 9.80 Å². The highest BCUT2D eigenvalue weighted by Gasteiger charge is 2.37. The van der Waals surface area contributed by atoms with E-state index < -0.39 is 11.1 Å². The average molecular weight is 544 g/mol. The number of piperazine rings is 1. The van der Waals surface area contributed by atoms with Crippen molar-refractivity contribution in [2.45, 2.75) is 0 Å². The molecule has 0 atom stereocenters. The Morgan fingerprint density at radius 2 is 1.44 bits per heavy atom. The van der Waals surface area contributed by atoms with Crippen LogP contribution >= 0.6 is 11.8 Å². The molecule has 0 radical (unpaired) electrons. The first-order chi connectivity index (χ1) is 19.1. The van der Waals surface area contributed by atoms with Gasteiger partial charge < -0.3 is 19.3 Å². The molecule has 3 aromatic carbocycles. The fourth-order valence-electron chi connectivity index (χ4n) is 4.42. The lowest BCUT2D eigenvalue weighted by Gasteiger charge is -2.36. The Hall–Kier alpha value is -4.24. The minimum Gasteiger partial charge on any atom is -0.490 e. The lowest BCUT2D eigenvalue weighted by Crippen LogP contribution is -2.51. The van der Waals surface area contributed by atoms with Gasteiger partial charge in [0.25, 0.3) is 11.1 Å². The molecule has 39 heavy (non-hydrogen) atoms. The zero-order valence-corrected chi connectivity index (χ0v) is 22.2. The van der Waals surface area contributed by atoms with E-state index in [9.17, 15) is 14.4 Å². The number of ether oxygens (including phenoxy) is 2. The SMILES string of the molecule is O=C(CN1C(=O)S/C(=C/c2ccccc2OCCOc2ccccc2)C1=O)N1CCN(c2ccccc2)CC1. The smallest absolute Gasteiger partial charge is 0.294 e. The highest BCUT2D eigenvalue weighted by molar-refractivity contribution is 8.18. The number of anilines is 1. The summed E-state index contributed by atoms with van der Waals surface area (Å²) in [6, 6.07) is 26.8. The minimum absolute atomic E-state index is 0.228. The molecule has 0 bridgehead atoms. The van der Waals surface area contributed by atoms with E-state index >= 15 is 0 Å². The number of thioether (sulfide) groups is 1. The maximum Gasteiger partial charge on any atom is 0.294 e. The van der Waals surface area contributed by atoms with Crippen LogP contribution in [0.15, 0.2) is 89.8 Å². The molecule has 0 N–H and O–H groups in total. The molecule has 9 heteroatoms. The third kappa shape index (κ3) is 6.61. The van der Waals surface area contributed by atoms with E-state index in [1.165, 1.54) is 0 Å². The predicted octanol–water partition coefficient (Wildman–Crippen LogP) is 4.53. The molecule has 5 rings (SSSR count). The molecular formula is C30H29N3O5S. The summed E-state index contributed by atoms with van der Waals surface area (Å²) in [6.07, 6.45) is 1.64. The average Bonchev–Trinajstić information content (AvgIpc) is 3.24. The standard InChI is InChI=1S/C30H29N3O5S/c34-28(32-17-15-31(16-18-32)24-10-3-1-4-11-24)22-33-29(35)27(39-30(33)36)21-23-9-7-8-14-26(23)38-20-19-37-25-12-5-2-6-13-25/h1-14,21H,15-20,22H2/b27-21+. The van der Waals surface area contributed by atoms with Gasteiger partial charge >= 0.3 is 0 Å². The number of amides is 3. The molecule has 3 aromatic rings. The van der Waals surface area contributed by atoms with E-state index in [2.05, 4.69) is 4.90 Å². The summed E-state index contributed by atoms with van der Waals surface area (Å²) < 4.78 is 11.6. The lowest BCUT2D eigenvalue weighted by atomic mass is 10.2. The highest BCUT2D eigenvalue weighted by atomic mass is 32.2. The van der Waals surface area contributed by atoms with Gasteiger partial charge in [-0.1, -0.05) is 54.6 Å². The lowest BCUT2D eigenvalue weighted by molar-refractivity contribution is -0.136. The van der Waals surface area contributed by atoms with Gasteiger partial charge in [-0.2, -0.15) is 0 Å². The summed E-state index contributed by atoms with van der Waals surface area (Å²) >= 11 is 0.837. The van der Waals surface area contributed by atoms with Gasteiger partial charge in [-0.25, -0.2) is 0 Å². The zero-order chi connectivity index (χ0) is 27.0. The first-order valence-corrected chi connectivity index (χ1v) is 13.6. The van der Waals surface area contributed by atoms with Crippen LogP contribution in [-0.4, -0.2) is 72.8 Å². The van der Waals surface area contributed by atoms with E-state index in [-0.39, 0.29) is 17.4 Å². The van der Waals surface area contributed by atoms with Crippen LogP contribution in [0.5, 0.6) is 11.5 Å². The van der Waals surface area contributed by atoms with Crippen LogP contribution < -0.4 is 14.4 Å². The third-order valence-electron chi connectivity index (χ3n) is 6.48. The number of para-hydroxylation sites is 3. The summed E-state index contributed by atoms with van der Waals surface area (Å²) in [5.74, 6) is 0.640. The number of hydrogen-bond donors (Lipinski definition) is 0. The Balaban J connectivity index is 1.16. The topological polar surface area (TPSA) is 79.4 Å². The van der Waals surface area contributed by atoms with Gasteiger partial charge in [0.1, 0.15) is 31.3 Å². The van der Waals surface area contributed by atoms with Crippen LogP contribution in [0.25, 0.3) is 6.08 Å². The Kier molecular flexibility index (Phi) is 8.48. The second-order valence-electron chi connectivity index (χ2n) is 9.02. The van der Waals surface area contributed by atoms with Crippen LogP contribution in [0.1, 0.15) is 5.56 Å².